The number of hydrogen-bond acceptors (Lipinski definition) is 7. The van der Waals surface area contributed by atoms with Gasteiger partial charge in [-0.15, -0.1) is 0 Å². The van der Waals surface area contributed by atoms with Crippen molar-refractivity contribution in [3.05, 3.63) is 84.2 Å². The van der Waals surface area contributed by atoms with Crippen LogP contribution in [0.15, 0.2) is 77.9 Å². The zero-order chi connectivity index (χ0) is 26.0. The molecule has 2 amide bonds. The Bertz CT molecular complexity index is 1340. The van der Waals surface area contributed by atoms with Gasteiger partial charge < -0.3 is 26.0 Å². The molecule has 2 aromatic carbocycles. The fourth-order valence-electron chi connectivity index (χ4n) is 4.58. The van der Waals surface area contributed by atoms with Gasteiger partial charge in [-0.1, -0.05) is 44.2 Å². The van der Waals surface area contributed by atoms with E-state index < -0.39 is 29.8 Å². The minimum absolute atomic E-state index is 0.0344. The molecule has 3 atom stereocenters. The van der Waals surface area contributed by atoms with E-state index in [1.165, 1.54) is 0 Å². The summed E-state index contributed by atoms with van der Waals surface area (Å²) in [6.45, 7) is 4.03. The number of pyridine rings is 1. The quantitative estimate of drug-likeness (QED) is 0.424. The third kappa shape index (κ3) is 5.03. The molecule has 2 aliphatic rings. The zero-order valence-electron chi connectivity index (χ0n) is 21.0. The molecule has 0 saturated carbocycles. The molecule has 4 N–H and O–H groups in total. The third-order valence-electron chi connectivity index (χ3n) is 6.58. The SMILES string of the molecule is CNc1cccc(NC(=O)N[C@@H]2N=C(c3ccccn3)c3ccccc3N[C@@H]2[C@H]2OCC(C)(C)C2=O)c1. The molecule has 3 aromatic rings. The molecule has 2 aliphatic heterocycles. The normalized spacial score (nSPS) is 22.2. The fraction of sp³-hybridized carbons (Fsp3) is 0.286. The summed E-state index contributed by atoms with van der Waals surface area (Å²) in [5.74, 6) is -0.0344. The Morgan fingerprint density at radius 3 is 2.57 bits per heavy atom. The number of amides is 2. The van der Waals surface area contributed by atoms with E-state index >= 15 is 0 Å². The zero-order valence-corrected chi connectivity index (χ0v) is 21.0. The summed E-state index contributed by atoms with van der Waals surface area (Å²) in [6, 6.07) is 19.6. The second kappa shape index (κ2) is 10.0. The third-order valence-corrected chi connectivity index (χ3v) is 6.58. The van der Waals surface area contributed by atoms with Crippen molar-refractivity contribution in [2.24, 2.45) is 10.4 Å². The summed E-state index contributed by atoms with van der Waals surface area (Å²) in [7, 11) is 1.81. The summed E-state index contributed by atoms with van der Waals surface area (Å²) >= 11 is 0. The first-order valence-electron chi connectivity index (χ1n) is 12.2. The molecule has 0 bridgehead atoms. The Hall–Kier alpha value is -4.24. The molecular formula is C28H30N6O3. The summed E-state index contributed by atoms with van der Waals surface area (Å²) in [4.78, 5) is 36.0. The van der Waals surface area contributed by atoms with Crippen LogP contribution < -0.4 is 21.3 Å². The van der Waals surface area contributed by atoms with Gasteiger partial charge in [0.1, 0.15) is 18.3 Å². The van der Waals surface area contributed by atoms with Gasteiger partial charge in [-0.3, -0.25) is 14.8 Å². The van der Waals surface area contributed by atoms with Crippen molar-refractivity contribution in [2.45, 2.75) is 32.2 Å². The number of benzene rings is 2. The predicted octanol–water partition coefficient (Wildman–Crippen LogP) is 3.90. The van der Waals surface area contributed by atoms with Crippen LogP contribution in [0.3, 0.4) is 0 Å². The number of hydrogen-bond donors (Lipinski definition) is 4. The highest BCUT2D eigenvalue weighted by Gasteiger charge is 2.49. The molecule has 190 valence electrons. The first-order chi connectivity index (χ1) is 17.9. The first-order valence-corrected chi connectivity index (χ1v) is 12.2. The van der Waals surface area contributed by atoms with Gasteiger partial charge in [0.15, 0.2) is 5.78 Å². The van der Waals surface area contributed by atoms with Crippen LogP contribution >= 0.6 is 0 Å². The van der Waals surface area contributed by atoms with Crippen LogP contribution in [0.1, 0.15) is 25.1 Å². The number of aromatic nitrogens is 1. The van der Waals surface area contributed by atoms with Crippen molar-refractivity contribution in [3.8, 4) is 0 Å². The summed E-state index contributed by atoms with van der Waals surface area (Å²) in [5, 5.41) is 12.4. The van der Waals surface area contributed by atoms with Crippen LogP contribution in [0, 0.1) is 5.41 Å². The van der Waals surface area contributed by atoms with Crippen LogP contribution in [-0.2, 0) is 9.53 Å². The molecule has 0 radical (unpaired) electrons. The lowest BCUT2D eigenvalue weighted by molar-refractivity contribution is -0.127. The maximum Gasteiger partial charge on any atom is 0.320 e. The number of para-hydroxylation sites is 1. The number of Topliss-reactive ketones (excluding diaryl/α,β-unsaturated/α-hetero) is 1. The number of carbonyl (C=O) groups excluding carboxylic acids is 2. The lowest BCUT2D eigenvalue weighted by Gasteiger charge is -2.29. The van der Waals surface area contributed by atoms with E-state index in [9.17, 15) is 9.59 Å². The van der Waals surface area contributed by atoms with E-state index in [4.69, 9.17) is 9.73 Å². The van der Waals surface area contributed by atoms with Crippen molar-refractivity contribution in [1.82, 2.24) is 10.3 Å². The van der Waals surface area contributed by atoms with Gasteiger partial charge in [0.05, 0.1) is 18.0 Å². The molecule has 3 heterocycles. The lowest BCUT2D eigenvalue weighted by atomic mass is 9.86. The molecular weight excluding hydrogens is 468 g/mol. The average Bonchev–Trinajstić information content (AvgIpc) is 3.07. The van der Waals surface area contributed by atoms with E-state index in [1.807, 2.05) is 81.6 Å². The van der Waals surface area contributed by atoms with Gasteiger partial charge in [-0.25, -0.2) is 4.79 Å². The highest BCUT2D eigenvalue weighted by atomic mass is 16.5. The van der Waals surface area contributed by atoms with E-state index in [-0.39, 0.29) is 5.78 Å². The number of benzodiazepines with no additional fused rings is 1. The van der Waals surface area contributed by atoms with E-state index in [0.29, 0.717) is 23.7 Å². The summed E-state index contributed by atoms with van der Waals surface area (Å²) in [6.07, 6.45) is 0.0688. The molecule has 1 saturated heterocycles. The minimum Gasteiger partial charge on any atom is -0.388 e. The van der Waals surface area contributed by atoms with Gasteiger partial charge >= 0.3 is 6.03 Å². The standard InChI is InChI=1S/C28H30N6O3/c1-28(2)16-37-24(25(28)35)23-26(34-27(36)31-18-10-8-9-17(15-18)29-3)33-22(21-13-6-7-14-30-21)19-11-4-5-12-20(19)32-23/h4-15,23-24,26,29,32H,16H2,1-3H3,(H2,31,34,36)/t23-,24-,26+/m1/s1. The maximum atomic E-state index is 13.3. The van der Waals surface area contributed by atoms with Gasteiger partial charge in [-0.2, -0.15) is 0 Å². The fourth-order valence-corrected chi connectivity index (χ4v) is 4.58. The van der Waals surface area contributed by atoms with Crippen LogP contribution in [0.4, 0.5) is 21.9 Å². The topological polar surface area (TPSA) is 117 Å². The highest BCUT2D eigenvalue weighted by molar-refractivity contribution is 6.15. The number of ketones is 1. The number of nitrogens with zero attached hydrogens (tertiary/aromatic N) is 2. The van der Waals surface area contributed by atoms with Crippen molar-refractivity contribution in [1.29, 1.82) is 0 Å². The van der Waals surface area contributed by atoms with E-state index in [2.05, 4.69) is 26.3 Å². The first kappa shape index (κ1) is 24.5. The van der Waals surface area contributed by atoms with Gasteiger partial charge in [0, 0.05) is 41.3 Å². The highest BCUT2D eigenvalue weighted by Crippen LogP contribution is 2.34. The van der Waals surface area contributed by atoms with Gasteiger partial charge in [0.2, 0.25) is 0 Å². The Morgan fingerprint density at radius 2 is 1.84 bits per heavy atom. The number of rotatable bonds is 5. The van der Waals surface area contributed by atoms with Gasteiger partial charge in [0.25, 0.3) is 0 Å². The molecule has 9 nitrogen and oxygen atoms in total. The number of fused-ring (bicyclic) bond motifs is 1. The van der Waals surface area contributed by atoms with E-state index in [0.717, 1.165) is 16.9 Å². The number of nitrogens with one attached hydrogen (secondary N) is 4. The second-order valence-electron chi connectivity index (χ2n) is 9.76. The van der Waals surface area contributed by atoms with Crippen LogP contribution in [-0.4, -0.2) is 54.5 Å². The monoisotopic (exact) mass is 498 g/mol. The molecule has 0 spiro atoms. The van der Waals surface area contributed by atoms with Crippen LogP contribution in [0.5, 0.6) is 0 Å². The van der Waals surface area contributed by atoms with Crippen molar-refractivity contribution < 1.29 is 14.3 Å². The molecule has 9 heteroatoms. The maximum absolute atomic E-state index is 13.3. The Kier molecular flexibility index (Phi) is 6.62. The van der Waals surface area contributed by atoms with Crippen LogP contribution in [0.2, 0.25) is 0 Å². The lowest BCUT2D eigenvalue weighted by Crippen LogP contribution is -2.54. The Morgan fingerprint density at radius 1 is 1.05 bits per heavy atom. The number of ether oxygens (including phenoxy) is 1. The summed E-state index contributed by atoms with van der Waals surface area (Å²) in [5.41, 5.74) is 3.72. The number of aliphatic imine (C=N–C) groups is 1. The minimum atomic E-state index is -0.834. The van der Waals surface area contributed by atoms with Crippen molar-refractivity contribution in [2.75, 3.05) is 29.6 Å². The number of urea groups is 1. The molecule has 37 heavy (non-hydrogen) atoms. The largest absolute Gasteiger partial charge is 0.388 e. The molecule has 5 rings (SSSR count). The van der Waals surface area contributed by atoms with E-state index in [1.54, 1.807) is 12.3 Å². The molecule has 1 fully saturated rings. The van der Waals surface area contributed by atoms with Gasteiger partial charge in [-0.05, 0) is 36.4 Å². The molecule has 0 aliphatic carbocycles. The average molecular weight is 499 g/mol. The number of anilines is 3. The second-order valence-corrected chi connectivity index (χ2v) is 9.76. The van der Waals surface area contributed by atoms with Crippen molar-refractivity contribution >= 4 is 34.6 Å². The number of carbonyl (C=O) groups is 2. The molecule has 1 aromatic heterocycles. The smallest absolute Gasteiger partial charge is 0.320 e. The summed E-state index contributed by atoms with van der Waals surface area (Å²) < 4.78 is 6.01. The van der Waals surface area contributed by atoms with Crippen molar-refractivity contribution in [3.63, 3.8) is 0 Å². The Balaban J connectivity index is 1.54. The molecule has 0 unspecified atom stereocenters. The van der Waals surface area contributed by atoms with Crippen LogP contribution in [0.25, 0.3) is 0 Å². The Labute approximate surface area is 215 Å². The predicted molar refractivity (Wildman–Crippen MR) is 144 cm³/mol.